The highest BCUT2D eigenvalue weighted by Gasteiger charge is 1.85. The zero-order chi connectivity index (χ0) is 8.69. The van der Waals surface area contributed by atoms with Crippen molar-refractivity contribution in [3.63, 3.8) is 0 Å². The van der Waals surface area contributed by atoms with Crippen LogP contribution < -0.4 is 5.32 Å². The first-order valence-corrected chi connectivity index (χ1v) is 3.67. The summed E-state index contributed by atoms with van der Waals surface area (Å²) in [4.78, 5) is 4.01. The van der Waals surface area contributed by atoms with E-state index in [1.165, 1.54) is 0 Å². The van der Waals surface area contributed by atoms with E-state index in [0.29, 0.717) is 0 Å². The van der Waals surface area contributed by atoms with Gasteiger partial charge in [0.05, 0.1) is 0 Å². The van der Waals surface area contributed by atoms with Crippen molar-refractivity contribution in [2.24, 2.45) is 4.99 Å². The molecule has 62 valence electrons. The van der Waals surface area contributed by atoms with Crippen LogP contribution >= 0.6 is 0 Å². The number of nitrogens with zero attached hydrogens (tertiary/aromatic N) is 1. The van der Waals surface area contributed by atoms with Crippen LogP contribution in [0.25, 0.3) is 0 Å². The van der Waals surface area contributed by atoms with Crippen LogP contribution in [-0.4, -0.2) is 19.3 Å². The Labute approximate surface area is 68.7 Å². The number of rotatable bonds is 4. The van der Waals surface area contributed by atoms with E-state index in [1.54, 1.807) is 7.05 Å². The van der Waals surface area contributed by atoms with E-state index in [2.05, 4.69) is 16.9 Å². The molecule has 0 aliphatic carbocycles. The minimum Gasteiger partial charge on any atom is -0.385 e. The highest BCUT2D eigenvalue weighted by Crippen LogP contribution is 1.87. The van der Waals surface area contributed by atoms with E-state index in [1.807, 2.05) is 26.0 Å². The van der Waals surface area contributed by atoms with Crippen molar-refractivity contribution in [1.29, 1.82) is 0 Å². The van der Waals surface area contributed by atoms with Gasteiger partial charge in [-0.15, -0.1) is 6.58 Å². The molecule has 0 saturated carbocycles. The van der Waals surface area contributed by atoms with Gasteiger partial charge in [-0.05, 0) is 19.9 Å². The van der Waals surface area contributed by atoms with Crippen LogP contribution in [0.5, 0.6) is 0 Å². The Hall–Kier alpha value is -1.05. The van der Waals surface area contributed by atoms with Crippen LogP contribution in [0.2, 0.25) is 0 Å². The molecule has 0 bridgehead atoms. The fraction of sp³-hybridized carbons (Fsp3) is 0.444. The first kappa shape index (κ1) is 9.95. The minimum absolute atomic E-state index is 0.805. The first-order valence-electron chi connectivity index (χ1n) is 3.67. The SMILES string of the molecule is C=CCN/C(C)=C\C(C)=N\C. The standard InChI is InChI=1S/C9H16N2/c1-5-6-11-9(3)7-8(2)10-4/h5,7,11H,1,6H2,2-4H3/b9-7-,10-8+. The van der Waals surface area contributed by atoms with Crippen LogP contribution in [-0.2, 0) is 0 Å². The molecule has 0 fully saturated rings. The van der Waals surface area contributed by atoms with Crippen LogP contribution in [0.4, 0.5) is 0 Å². The summed E-state index contributed by atoms with van der Waals surface area (Å²) in [5, 5.41) is 3.16. The number of hydrogen-bond acceptors (Lipinski definition) is 2. The summed E-state index contributed by atoms with van der Waals surface area (Å²) in [6, 6.07) is 0. The van der Waals surface area contributed by atoms with Crippen LogP contribution in [0.3, 0.4) is 0 Å². The second-order valence-electron chi connectivity index (χ2n) is 2.36. The zero-order valence-corrected chi connectivity index (χ0v) is 7.52. The summed E-state index contributed by atoms with van der Waals surface area (Å²) in [6.45, 7) is 8.40. The van der Waals surface area contributed by atoms with E-state index in [0.717, 1.165) is 18.0 Å². The van der Waals surface area contributed by atoms with Gasteiger partial charge in [0.15, 0.2) is 0 Å². The lowest BCUT2D eigenvalue weighted by atomic mass is 10.3. The Morgan fingerprint density at radius 2 is 2.18 bits per heavy atom. The van der Waals surface area contributed by atoms with Gasteiger partial charge in [0.1, 0.15) is 0 Å². The second kappa shape index (κ2) is 5.71. The highest BCUT2D eigenvalue weighted by molar-refractivity contribution is 5.93. The summed E-state index contributed by atoms with van der Waals surface area (Å²) >= 11 is 0. The Bertz CT molecular complexity index is 178. The molecular weight excluding hydrogens is 136 g/mol. The number of hydrogen-bond donors (Lipinski definition) is 1. The molecule has 2 heteroatoms. The third-order valence-corrected chi connectivity index (χ3v) is 1.30. The Morgan fingerprint density at radius 3 is 2.64 bits per heavy atom. The Balaban J connectivity index is 3.89. The van der Waals surface area contributed by atoms with Crippen molar-refractivity contribution in [3.05, 3.63) is 24.4 Å². The largest absolute Gasteiger partial charge is 0.385 e. The maximum Gasteiger partial charge on any atom is 0.0330 e. The topological polar surface area (TPSA) is 24.4 Å². The predicted octanol–water partition coefficient (Wildman–Crippen LogP) is 1.76. The summed E-state index contributed by atoms with van der Waals surface area (Å²) in [5.41, 5.74) is 2.15. The molecule has 0 rings (SSSR count). The molecule has 0 heterocycles. The van der Waals surface area contributed by atoms with Crippen molar-refractivity contribution < 1.29 is 0 Å². The van der Waals surface area contributed by atoms with Gasteiger partial charge in [-0.25, -0.2) is 0 Å². The summed E-state index contributed by atoms with van der Waals surface area (Å²) < 4.78 is 0. The molecule has 0 aliphatic rings. The van der Waals surface area contributed by atoms with Crippen molar-refractivity contribution >= 4 is 5.71 Å². The van der Waals surface area contributed by atoms with Crippen LogP contribution in [0.15, 0.2) is 29.4 Å². The molecule has 2 nitrogen and oxygen atoms in total. The number of nitrogens with one attached hydrogen (secondary N) is 1. The smallest absolute Gasteiger partial charge is 0.0330 e. The molecule has 0 aromatic rings. The van der Waals surface area contributed by atoms with E-state index in [4.69, 9.17) is 0 Å². The molecule has 0 radical (unpaired) electrons. The van der Waals surface area contributed by atoms with Gasteiger partial charge >= 0.3 is 0 Å². The molecular formula is C9H16N2. The first-order chi connectivity index (χ1) is 5.20. The van der Waals surface area contributed by atoms with E-state index in [9.17, 15) is 0 Å². The van der Waals surface area contributed by atoms with Crippen LogP contribution in [0, 0.1) is 0 Å². The van der Waals surface area contributed by atoms with E-state index in [-0.39, 0.29) is 0 Å². The third-order valence-electron chi connectivity index (χ3n) is 1.30. The summed E-state index contributed by atoms with van der Waals surface area (Å²) in [5.74, 6) is 0. The fourth-order valence-corrected chi connectivity index (χ4v) is 0.662. The molecule has 0 amide bonds. The second-order valence-corrected chi connectivity index (χ2v) is 2.36. The minimum atomic E-state index is 0.805. The third kappa shape index (κ3) is 5.40. The molecule has 0 aromatic carbocycles. The van der Waals surface area contributed by atoms with Gasteiger partial charge in [0, 0.05) is 25.0 Å². The van der Waals surface area contributed by atoms with Crippen molar-refractivity contribution in [2.45, 2.75) is 13.8 Å². The number of aliphatic imine (C=N–C) groups is 1. The van der Waals surface area contributed by atoms with E-state index < -0.39 is 0 Å². The summed E-state index contributed by atoms with van der Waals surface area (Å²) in [6.07, 6.45) is 3.83. The highest BCUT2D eigenvalue weighted by atomic mass is 14.9. The molecule has 0 atom stereocenters. The maximum absolute atomic E-state index is 4.01. The van der Waals surface area contributed by atoms with Gasteiger partial charge in [0.25, 0.3) is 0 Å². The van der Waals surface area contributed by atoms with Crippen molar-refractivity contribution in [2.75, 3.05) is 13.6 Å². The molecule has 0 saturated heterocycles. The predicted molar refractivity (Wildman–Crippen MR) is 51.0 cm³/mol. The lowest BCUT2D eigenvalue weighted by Crippen LogP contribution is -2.11. The Kier molecular flexibility index (Phi) is 5.17. The Morgan fingerprint density at radius 1 is 1.55 bits per heavy atom. The molecule has 11 heavy (non-hydrogen) atoms. The maximum atomic E-state index is 4.01. The van der Waals surface area contributed by atoms with Gasteiger partial charge < -0.3 is 5.32 Å². The molecule has 0 aromatic heterocycles. The monoisotopic (exact) mass is 152 g/mol. The van der Waals surface area contributed by atoms with Gasteiger partial charge in [0.2, 0.25) is 0 Å². The van der Waals surface area contributed by atoms with Crippen molar-refractivity contribution in [1.82, 2.24) is 5.32 Å². The lowest BCUT2D eigenvalue weighted by Gasteiger charge is -2.01. The summed E-state index contributed by atoms with van der Waals surface area (Å²) in [7, 11) is 1.78. The molecule has 0 aliphatic heterocycles. The molecule has 0 spiro atoms. The lowest BCUT2D eigenvalue weighted by molar-refractivity contribution is 0.907. The zero-order valence-electron chi connectivity index (χ0n) is 7.52. The normalized spacial score (nSPS) is 13.0. The van der Waals surface area contributed by atoms with Gasteiger partial charge in [-0.2, -0.15) is 0 Å². The molecule has 0 unspecified atom stereocenters. The van der Waals surface area contributed by atoms with E-state index >= 15 is 0 Å². The fourth-order valence-electron chi connectivity index (χ4n) is 0.662. The quantitative estimate of drug-likeness (QED) is 0.481. The van der Waals surface area contributed by atoms with Crippen molar-refractivity contribution in [3.8, 4) is 0 Å². The van der Waals surface area contributed by atoms with Crippen LogP contribution in [0.1, 0.15) is 13.8 Å². The van der Waals surface area contributed by atoms with Gasteiger partial charge in [-0.3, -0.25) is 4.99 Å². The van der Waals surface area contributed by atoms with Gasteiger partial charge in [-0.1, -0.05) is 6.08 Å². The average Bonchev–Trinajstić information content (AvgIpc) is 2.00. The molecule has 1 N–H and O–H groups in total. The number of allylic oxidation sites excluding steroid dienone is 2. The average molecular weight is 152 g/mol.